The molecular weight excluding hydrogens is 398 g/mol. The number of ether oxygens (including phenoxy) is 1. The van der Waals surface area contributed by atoms with Gasteiger partial charge in [-0.25, -0.2) is 0 Å². The summed E-state index contributed by atoms with van der Waals surface area (Å²) in [4.78, 5) is 2.27. The topological polar surface area (TPSA) is 110 Å². The number of fused-ring (bicyclic) bond motifs is 1. The first-order valence-electron chi connectivity index (χ1n) is 10.4. The zero-order valence-electron chi connectivity index (χ0n) is 17.8. The Balaban J connectivity index is 1.83. The summed E-state index contributed by atoms with van der Waals surface area (Å²) >= 11 is 0. The number of rotatable bonds is 4. The number of benzene rings is 2. The maximum atomic E-state index is 10.2. The van der Waals surface area contributed by atoms with Gasteiger partial charge < -0.3 is 10.5 Å². The van der Waals surface area contributed by atoms with Crippen molar-refractivity contribution < 1.29 is 4.74 Å². The second-order valence-electron chi connectivity index (χ2n) is 8.13. The average Bonchev–Trinajstić information content (AvgIpc) is 2.84. The average molecular weight is 422 g/mol. The van der Waals surface area contributed by atoms with Gasteiger partial charge in [-0.2, -0.15) is 15.8 Å². The summed E-state index contributed by atoms with van der Waals surface area (Å²) in [6.45, 7) is 2.02. The molecule has 6 nitrogen and oxygen atoms in total. The van der Waals surface area contributed by atoms with Gasteiger partial charge in [0.2, 0.25) is 0 Å². The van der Waals surface area contributed by atoms with Crippen LogP contribution in [0.1, 0.15) is 17.0 Å². The molecule has 1 aliphatic carbocycles. The van der Waals surface area contributed by atoms with Crippen LogP contribution in [-0.4, -0.2) is 25.1 Å². The van der Waals surface area contributed by atoms with E-state index in [9.17, 15) is 15.8 Å². The van der Waals surface area contributed by atoms with Crippen LogP contribution in [-0.2, 0) is 6.54 Å². The normalized spacial score (nSPS) is 22.0. The maximum Gasteiger partial charge on any atom is 0.191 e. The molecular formula is C26H23N5O. The molecule has 0 amide bonds. The Morgan fingerprint density at radius 3 is 2.34 bits per heavy atom. The van der Waals surface area contributed by atoms with E-state index in [0.29, 0.717) is 18.8 Å². The van der Waals surface area contributed by atoms with Crippen LogP contribution in [0, 0.1) is 45.3 Å². The van der Waals surface area contributed by atoms with Gasteiger partial charge >= 0.3 is 0 Å². The van der Waals surface area contributed by atoms with Gasteiger partial charge in [-0.15, -0.1) is 0 Å². The molecule has 158 valence electrons. The largest absolute Gasteiger partial charge is 0.497 e. The van der Waals surface area contributed by atoms with E-state index in [1.165, 1.54) is 5.56 Å². The molecule has 0 aromatic heterocycles. The predicted octanol–water partition coefficient (Wildman–Crippen LogP) is 3.62. The third-order valence-corrected chi connectivity index (χ3v) is 6.46. The van der Waals surface area contributed by atoms with Crippen molar-refractivity contribution in [3.8, 4) is 24.0 Å². The molecule has 4 rings (SSSR count). The van der Waals surface area contributed by atoms with Gasteiger partial charge in [0.1, 0.15) is 11.8 Å². The van der Waals surface area contributed by atoms with Crippen LogP contribution >= 0.6 is 0 Å². The molecule has 2 aromatic carbocycles. The fourth-order valence-electron chi connectivity index (χ4n) is 4.90. The Morgan fingerprint density at radius 1 is 1.06 bits per heavy atom. The molecule has 2 aliphatic rings. The summed E-state index contributed by atoms with van der Waals surface area (Å²) in [6.07, 6.45) is 2.03. The van der Waals surface area contributed by atoms with Crippen molar-refractivity contribution in [2.24, 2.45) is 17.1 Å². The van der Waals surface area contributed by atoms with Crippen molar-refractivity contribution in [3.05, 3.63) is 88.6 Å². The number of nitriles is 3. The highest BCUT2D eigenvalue weighted by molar-refractivity contribution is 5.59. The molecule has 0 saturated heterocycles. The summed E-state index contributed by atoms with van der Waals surface area (Å²) in [5, 5.41) is 30.3. The van der Waals surface area contributed by atoms with E-state index in [1.54, 1.807) is 7.11 Å². The lowest BCUT2D eigenvalue weighted by Gasteiger charge is -2.45. The van der Waals surface area contributed by atoms with Crippen LogP contribution < -0.4 is 10.5 Å². The molecule has 1 aliphatic heterocycles. The van der Waals surface area contributed by atoms with Crippen molar-refractivity contribution in [2.45, 2.75) is 12.5 Å². The molecule has 0 unspecified atom stereocenters. The van der Waals surface area contributed by atoms with Crippen LogP contribution in [0.3, 0.4) is 0 Å². The lowest BCUT2D eigenvalue weighted by atomic mass is 9.58. The van der Waals surface area contributed by atoms with E-state index < -0.39 is 11.3 Å². The first-order chi connectivity index (χ1) is 15.6. The standard InChI is InChI=1S/C26H23N5O/c1-32-20-9-7-19(8-10-20)24-23-15-31(14-18-5-3-2-4-6-18)12-11-21(23)22(13-27)25(30)26(24,16-28)17-29/h2-11,23-24H,12,14-15,30H2,1H3/t23-,24-/m0/s1. The highest BCUT2D eigenvalue weighted by Gasteiger charge is 2.54. The number of nitrogens with two attached hydrogens (primary N) is 1. The van der Waals surface area contributed by atoms with E-state index >= 15 is 0 Å². The van der Waals surface area contributed by atoms with Gasteiger partial charge in [0.05, 0.1) is 30.5 Å². The zero-order valence-corrected chi connectivity index (χ0v) is 17.8. The number of hydrogen-bond donors (Lipinski definition) is 1. The van der Waals surface area contributed by atoms with E-state index in [2.05, 4.69) is 35.2 Å². The second kappa shape index (κ2) is 8.60. The maximum absolute atomic E-state index is 10.2. The van der Waals surface area contributed by atoms with Crippen molar-refractivity contribution >= 4 is 0 Å². The fraction of sp³-hybridized carbons (Fsp3) is 0.269. The van der Waals surface area contributed by atoms with Gasteiger partial charge in [-0.05, 0) is 28.8 Å². The van der Waals surface area contributed by atoms with Crippen LogP contribution in [0.15, 0.2) is 77.5 Å². The van der Waals surface area contributed by atoms with Gasteiger partial charge in [0.25, 0.3) is 0 Å². The highest BCUT2D eigenvalue weighted by Crippen LogP contribution is 2.54. The summed E-state index contributed by atoms with van der Waals surface area (Å²) in [5.74, 6) is -0.0390. The minimum absolute atomic E-state index is 0.0461. The van der Waals surface area contributed by atoms with Crippen LogP contribution in [0.25, 0.3) is 0 Å². The van der Waals surface area contributed by atoms with Crippen LogP contribution in [0.2, 0.25) is 0 Å². The number of hydrogen-bond acceptors (Lipinski definition) is 6. The van der Waals surface area contributed by atoms with Gasteiger partial charge in [0, 0.05) is 31.5 Å². The molecule has 0 fully saturated rings. The lowest BCUT2D eigenvalue weighted by Crippen LogP contribution is -2.47. The van der Waals surface area contributed by atoms with Crippen molar-refractivity contribution in [2.75, 3.05) is 20.2 Å². The van der Waals surface area contributed by atoms with Gasteiger partial charge in [0.15, 0.2) is 5.41 Å². The summed E-state index contributed by atoms with van der Waals surface area (Å²) in [7, 11) is 1.59. The van der Waals surface area contributed by atoms with Crippen molar-refractivity contribution in [1.82, 2.24) is 4.90 Å². The molecule has 0 bridgehead atoms. The third kappa shape index (κ3) is 3.40. The Morgan fingerprint density at radius 2 is 1.75 bits per heavy atom. The van der Waals surface area contributed by atoms with E-state index in [4.69, 9.17) is 10.5 Å². The lowest BCUT2D eigenvalue weighted by molar-refractivity contribution is 0.201. The fourth-order valence-corrected chi connectivity index (χ4v) is 4.90. The van der Waals surface area contributed by atoms with Gasteiger partial charge in [-0.3, -0.25) is 4.90 Å². The molecule has 1 heterocycles. The summed E-state index contributed by atoms with van der Waals surface area (Å²) < 4.78 is 5.28. The van der Waals surface area contributed by atoms with E-state index in [1.807, 2.05) is 48.5 Å². The van der Waals surface area contributed by atoms with Crippen LogP contribution in [0.4, 0.5) is 0 Å². The SMILES string of the molecule is COc1ccc([C@H]2[C@H]3CN(Cc4ccccc4)CC=C3C(C#N)=C(N)C2(C#N)C#N)cc1. The van der Waals surface area contributed by atoms with Crippen molar-refractivity contribution in [3.63, 3.8) is 0 Å². The molecule has 2 atom stereocenters. The minimum Gasteiger partial charge on any atom is -0.497 e. The summed E-state index contributed by atoms with van der Waals surface area (Å²) in [5.41, 5.74) is 7.90. The Hall–Kier alpha value is -4.05. The van der Waals surface area contributed by atoms with Crippen molar-refractivity contribution in [1.29, 1.82) is 15.8 Å². The van der Waals surface area contributed by atoms with Crippen LogP contribution in [0.5, 0.6) is 5.75 Å². The van der Waals surface area contributed by atoms with E-state index in [0.717, 1.165) is 17.7 Å². The number of nitrogens with zero attached hydrogens (tertiary/aromatic N) is 4. The molecule has 6 heteroatoms. The number of allylic oxidation sites excluding steroid dienone is 2. The monoisotopic (exact) mass is 421 g/mol. The summed E-state index contributed by atoms with van der Waals surface area (Å²) in [6, 6.07) is 24.1. The Bertz CT molecular complexity index is 1180. The molecule has 0 spiro atoms. The molecule has 2 N–H and O–H groups in total. The molecule has 0 radical (unpaired) electrons. The first kappa shape index (κ1) is 21.2. The number of methoxy groups -OCH3 is 1. The third-order valence-electron chi connectivity index (χ3n) is 6.46. The Labute approximate surface area is 188 Å². The minimum atomic E-state index is -1.63. The Kier molecular flexibility index (Phi) is 5.69. The smallest absolute Gasteiger partial charge is 0.191 e. The molecule has 2 aromatic rings. The molecule has 0 saturated carbocycles. The second-order valence-corrected chi connectivity index (χ2v) is 8.13. The van der Waals surface area contributed by atoms with E-state index in [-0.39, 0.29) is 17.2 Å². The molecule has 32 heavy (non-hydrogen) atoms. The highest BCUT2D eigenvalue weighted by atomic mass is 16.5. The first-order valence-corrected chi connectivity index (χ1v) is 10.4. The predicted molar refractivity (Wildman–Crippen MR) is 120 cm³/mol. The van der Waals surface area contributed by atoms with Gasteiger partial charge in [-0.1, -0.05) is 48.5 Å². The quantitative estimate of drug-likeness (QED) is 0.807. The zero-order chi connectivity index (χ0) is 22.7.